The molecule has 0 aliphatic heterocycles. The smallest absolute Gasteiger partial charge is 0.0750 e. The minimum absolute atomic E-state index is 0.0647. The molecule has 1 N–H and O–H groups in total. The third-order valence-corrected chi connectivity index (χ3v) is 3.21. The molecule has 0 bridgehead atoms. The lowest BCUT2D eigenvalue weighted by molar-refractivity contribution is -0.00871. The van der Waals surface area contributed by atoms with Gasteiger partial charge in [0.25, 0.3) is 0 Å². The van der Waals surface area contributed by atoms with Crippen molar-refractivity contribution < 1.29 is 4.74 Å². The highest BCUT2D eigenvalue weighted by Gasteiger charge is 2.16. The Labute approximate surface area is 112 Å². The number of nitrogens with one attached hydrogen (secondary N) is 1. The Morgan fingerprint density at radius 3 is 2.50 bits per heavy atom. The van der Waals surface area contributed by atoms with Crippen molar-refractivity contribution in [2.45, 2.75) is 45.6 Å². The zero-order chi connectivity index (χ0) is 13.4. The summed E-state index contributed by atoms with van der Waals surface area (Å²) in [5.74, 6) is 0.605. The molecule has 0 fully saturated rings. The monoisotopic (exact) mass is 249 g/mol. The maximum absolute atomic E-state index is 5.66. The normalized spacial score (nSPS) is 13.6. The molecule has 1 unspecified atom stereocenters. The third kappa shape index (κ3) is 5.65. The van der Waals surface area contributed by atoms with Gasteiger partial charge in [-0.25, -0.2) is 0 Å². The molecular formula is C16H27NO. The van der Waals surface area contributed by atoms with Crippen LogP contribution >= 0.6 is 0 Å². The molecule has 0 aromatic heterocycles. The fraction of sp³-hybridized carbons (Fsp3) is 0.625. The molecule has 0 aliphatic rings. The van der Waals surface area contributed by atoms with E-state index in [1.54, 1.807) is 0 Å². The highest BCUT2D eigenvalue weighted by atomic mass is 16.5. The molecule has 0 amide bonds. The first kappa shape index (κ1) is 15.2. The maximum Gasteiger partial charge on any atom is 0.0750 e. The van der Waals surface area contributed by atoms with Crippen molar-refractivity contribution in [3.63, 3.8) is 0 Å². The van der Waals surface area contributed by atoms with Gasteiger partial charge >= 0.3 is 0 Å². The Balaban J connectivity index is 2.22. The van der Waals surface area contributed by atoms with Gasteiger partial charge in [0.05, 0.1) is 5.60 Å². The second-order valence-electron chi connectivity index (χ2n) is 5.47. The van der Waals surface area contributed by atoms with Crippen LogP contribution in [-0.4, -0.2) is 25.3 Å². The lowest BCUT2D eigenvalue weighted by atomic mass is 9.98. The van der Waals surface area contributed by atoms with Crippen LogP contribution in [-0.2, 0) is 4.74 Å². The zero-order valence-corrected chi connectivity index (χ0v) is 12.2. The summed E-state index contributed by atoms with van der Waals surface area (Å²) in [4.78, 5) is 0. The van der Waals surface area contributed by atoms with Gasteiger partial charge in [-0.15, -0.1) is 0 Å². The van der Waals surface area contributed by atoms with Gasteiger partial charge in [-0.2, -0.15) is 0 Å². The molecule has 1 rings (SSSR count). The van der Waals surface area contributed by atoms with Crippen molar-refractivity contribution in [3.8, 4) is 0 Å². The van der Waals surface area contributed by atoms with Crippen LogP contribution in [0.3, 0.4) is 0 Å². The van der Waals surface area contributed by atoms with Crippen molar-refractivity contribution >= 4 is 0 Å². The van der Waals surface area contributed by atoms with E-state index in [-0.39, 0.29) is 5.60 Å². The summed E-state index contributed by atoms with van der Waals surface area (Å²) in [7, 11) is 0. The fourth-order valence-corrected chi connectivity index (χ4v) is 2.10. The highest BCUT2D eigenvalue weighted by molar-refractivity contribution is 5.18. The van der Waals surface area contributed by atoms with E-state index in [0.29, 0.717) is 5.92 Å². The molecule has 0 saturated carbocycles. The Morgan fingerprint density at radius 2 is 1.89 bits per heavy atom. The first-order valence-electron chi connectivity index (χ1n) is 6.95. The molecule has 1 atom stereocenters. The molecule has 1 aromatic rings. The van der Waals surface area contributed by atoms with Gasteiger partial charge < -0.3 is 10.1 Å². The molecule has 2 nitrogen and oxygen atoms in total. The Morgan fingerprint density at radius 1 is 1.22 bits per heavy atom. The summed E-state index contributed by atoms with van der Waals surface area (Å²) in [5.41, 5.74) is 1.36. The van der Waals surface area contributed by atoms with Gasteiger partial charge in [0.15, 0.2) is 0 Å². The van der Waals surface area contributed by atoms with Crippen LogP contribution < -0.4 is 5.32 Å². The van der Waals surface area contributed by atoms with E-state index in [1.165, 1.54) is 5.56 Å². The van der Waals surface area contributed by atoms with Gasteiger partial charge in [0, 0.05) is 13.2 Å². The second-order valence-corrected chi connectivity index (χ2v) is 5.47. The standard InChI is InChI=1S/C16H27NO/c1-5-18-16(3,4)13-17-12-11-14(2)15-9-7-6-8-10-15/h6-10,14,17H,5,11-13H2,1-4H3. The predicted octanol–water partition coefficient (Wildman–Crippen LogP) is 3.58. The van der Waals surface area contributed by atoms with Crippen molar-refractivity contribution in [1.29, 1.82) is 0 Å². The number of ether oxygens (including phenoxy) is 1. The van der Waals surface area contributed by atoms with E-state index < -0.39 is 0 Å². The summed E-state index contributed by atoms with van der Waals surface area (Å²) in [6.07, 6.45) is 1.16. The highest BCUT2D eigenvalue weighted by Crippen LogP contribution is 2.17. The second kappa shape index (κ2) is 7.55. The van der Waals surface area contributed by atoms with Crippen LogP contribution in [0.1, 0.15) is 45.6 Å². The zero-order valence-electron chi connectivity index (χ0n) is 12.2. The van der Waals surface area contributed by atoms with E-state index in [1.807, 2.05) is 6.92 Å². The first-order chi connectivity index (χ1) is 8.55. The van der Waals surface area contributed by atoms with E-state index >= 15 is 0 Å². The Kier molecular flexibility index (Phi) is 6.37. The summed E-state index contributed by atoms with van der Waals surface area (Å²) in [5, 5.41) is 3.49. The van der Waals surface area contributed by atoms with Crippen LogP contribution in [0.25, 0.3) is 0 Å². The number of rotatable bonds is 8. The SMILES string of the molecule is CCOC(C)(C)CNCCC(C)c1ccccc1. The molecule has 0 aliphatic carbocycles. The number of hydrogen-bond donors (Lipinski definition) is 1. The van der Waals surface area contributed by atoms with Crippen LogP contribution in [0.2, 0.25) is 0 Å². The van der Waals surface area contributed by atoms with Crippen LogP contribution in [0.15, 0.2) is 30.3 Å². The average Bonchev–Trinajstić information content (AvgIpc) is 2.35. The minimum Gasteiger partial charge on any atom is -0.375 e. The maximum atomic E-state index is 5.66. The van der Waals surface area contributed by atoms with Crippen molar-refractivity contribution in [1.82, 2.24) is 5.32 Å². The number of benzene rings is 1. The van der Waals surface area contributed by atoms with E-state index in [4.69, 9.17) is 4.74 Å². The van der Waals surface area contributed by atoms with Crippen LogP contribution in [0, 0.1) is 0 Å². The van der Waals surface area contributed by atoms with Crippen LogP contribution in [0.4, 0.5) is 0 Å². The molecule has 102 valence electrons. The molecule has 18 heavy (non-hydrogen) atoms. The molecular weight excluding hydrogens is 222 g/mol. The van der Waals surface area contributed by atoms with Gasteiger partial charge in [-0.1, -0.05) is 37.3 Å². The van der Waals surface area contributed by atoms with Gasteiger partial charge in [-0.05, 0) is 45.2 Å². The summed E-state index contributed by atoms with van der Waals surface area (Å²) in [6.45, 7) is 11.3. The van der Waals surface area contributed by atoms with Crippen molar-refractivity contribution in [3.05, 3.63) is 35.9 Å². The largest absolute Gasteiger partial charge is 0.375 e. The van der Waals surface area contributed by atoms with Crippen LogP contribution in [0.5, 0.6) is 0 Å². The quantitative estimate of drug-likeness (QED) is 0.711. The van der Waals surface area contributed by atoms with Gasteiger partial charge in [-0.3, -0.25) is 0 Å². The third-order valence-electron chi connectivity index (χ3n) is 3.21. The molecule has 0 saturated heterocycles. The van der Waals surface area contributed by atoms with Crippen molar-refractivity contribution in [2.75, 3.05) is 19.7 Å². The molecule has 1 aromatic carbocycles. The predicted molar refractivity (Wildman–Crippen MR) is 78.0 cm³/mol. The molecule has 0 heterocycles. The van der Waals surface area contributed by atoms with Gasteiger partial charge in [0.2, 0.25) is 0 Å². The summed E-state index contributed by atoms with van der Waals surface area (Å²) in [6, 6.07) is 10.7. The van der Waals surface area contributed by atoms with E-state index in [2.05, 4.69) is 56.4 Å². The summed E-state index contributed by atoms with van der Waals surface area (Å²) < 4.78 is 5.66. The first-order valence-corrected chi connectivity index (χ1v) is 6.95. The number of hydrogen-bond acceptors (Lipinski definition) is 2. The summed E-state index contributed by atoms with van der Waals surface area (Å²) >= 11 is 0. The molecule has 2 heteroatoms. The Bertz CT molecular complexity index is 321. The minimum atomic E-state index is -0.0647. The van der Waals surface area contributed by atoms with E-state index in [9.17, 15) is 0 Å². The lowest BCUT2D eigenvalue weighted by Gasteiger charge is -2.25. The Hall–Kier alpha value is -0.860. The lowest BCUT2D eigenvalue weighted by Crippen LogP contribution is -2.38. The average molecular weight is 249 g/mol. The topological polar surface area (TPSA) is 21.3 Å². The molecule has 0 spiro atoms. The molecule has 0 radical (unpaired) electrons. The van der Waals surface area contributed by atoms with Gasteiger partial charge in [0.1, 0.15) is 0 Å². The fourth-order valence-electron chi connectivity index (χ4n) is 2.10. The van der Waals surface area contributed by atoms with Crippen molar-refractivity contribution in [2.24, 2.45) is 0 Å². The van der Waals surface area contributed by atoms with E-state index in [0.717, 1.165) is 26.1 Å².